The number of aryl methyl sites for hydroxylation is 1. The molecule has 0 saturated carbocycles. The number of piperidine rings is 2. The van der Waals surface area contributed by atoms with Crippen LogP contribution in [0.15, 0.2) is 54.6 Å². The summed E-state index contributed by atoms with van der Waals surface area (Å²) in [5, 5.41) is 12.6. The average molecular weight is 436 g/mol. The predicted molar refractivity (Wildman–Crippen MR) is 131 cm³/mol. The lowest BCUT2D eigenvalue weighted by Crippen LogP contribution is -2.49. The number of benzene rings is 2. The summed E-state index contributed by atoms with van der Waals surface area (Å²) in [5.74, 6) is 0.537. The summed E-state index contributed by atoms with van der Waals surface area (Å²) in [7, 11) is 0. The van der Waals surface area contributed by atoms with Gasteiger partial charge < -0.3 is 15.3 Å². The third-order valence-electron chi connectivity index (χ3n) is 7.00. The molecule has 32 heavy (non-hydrogen) atoms. The molecular formula is C27H37N3O2. The van der Waals surface area contributed by atoms with Crippen molar-refractivity contribution in [2.75, 3.05) is 43.0 Å². The molecule has 5 nitrogen and oxygen atoms in total. The second-order valence-electron chi connectivity index (χ2n) is 9.34. The Morgan fingerprint density at radius 2 is 1.81 bits per heavy atom. The minimum Gasteiger partial charge on any atom is -0.396 e. The van der Waals surface area contributed by atoms with Crippen molar-refractivity contribution in [3.63, 3.8) is 0 Å². The maximum Gasteiger partial charge on any atom is 0.224 e. The lowest BCUT2D eigenvalue weighted by Gasteiger charge is -2.42. The number of carbonyl (C=O) groups excluding carboxylic acids is 1. The van der Waals surface area contributed by atoms with Gasteiger partial charge in [0.25, 0.3) is 0 Å². The summed E-state index contributed by atoms with van der Waals surface area (Å²) in [5.41, 5.74) is 3.36. The molecule has 172 valence electrons. The maximum atomic E-state index is 12.4. The van der Waals surface area contributed by atoms with Crippen LogP contribution in [0.25, 0.3) is 0 Å². The molecule has 2 aromatic rings. The zero-order chi connectivity index (χ0) is 22.2. The van der Waals surface area contributed by atoms with Gasteiger partial charge in [0.15, 0.2) is 0 Å². The first-order chi connectivity index (χ1) is 15.7. The van der Waals surface area contributed by atoms with Crippen LogP contribution in [0.5, 0.6) is 0 Å². The Morgan fingerprint density at radius 3 is 2.59 bits per heavy atom. The summed E-state index contributed by atoms with van der Waals surface area (Å²) >= 11 is 0. The highest BCUT2D eigenvalue weighted by atomic mass is 16.3. The van der Waals surface area contributed by atoms with E-state index in [1.54, 1.807) is 0 Å². The van der Waals surface area contributed by atoms with Gasteiger partial charge in [0.1, 0.15) is 0 Å². The van der Waals surface area contributed by atoms with Crippen molar-refractivity contribution in [3.05, 3.63) is 60.2 Å². The Hall–Kier alpha value is -2.37. The van der Waals surface area contributed by atoms with Crippen LogP contribution in [-0.4, -0.2) is 54.7 Å². The second kappa shape index (κ2) is 11.5. The van der Waals surface area contributed by atoms with Crippen molar-refractivity contribution < 1.29 is 9.90 Å². The van der Waals surface area contributed by atoms with Crippen LogP contribution >= 0.6 is 0 Å². The van der Waals surface area contributed by atoms with Gasteiger partial charge in [-0.3, -0.25) is 9.69 Å². The van der Waals surface area contributed by atoms with Gasteiger partial charge in [0.05, 0.1) is 0 Å². The molecule has 5 heteroatoms. The van der Waals surface area contributed by atoms with E-state index in [2.05, 4.69) is 39.4 Å². The first kappa shape index (κ1) is 22.8. The van der Waals surface area contributed by atoms with Gasteiger partial charge >= 0.3 is 0 Å². The van der Waals surface area contributed by atoms with E-state index in [-0.39, 0.29) is 5.91 Å². The number of nitrogens with one attached hydrogen (secondary N) is 1. The number of aliphatic hydroxyl groups excluding tert-OH is 1. The van der Waals surface area contributed by atoms with Crippen LogP contribution in [0.2, 0.25) is 0 Å². The van der Waals surface area contributed by atoms with E-state index in [0.29, 0.717) is 25.0 Å². The fourth-order valence-electron chi connectivity index (χ4n) is 5.17. The highest BCUT2D eigenvalue weighted by Crippen LogP contribution is 2.27. The molecule has 2 aliphatic heterocycles. The van der Waals surface area contributed by atoms with Gasteiger partial charge in [-0.15, -0.1) is 0 Å². The SMILES string of the molecule is O=C(CCCc1ccccc1)Nc1cccc(N2CCC(N3CCCC(CO)C3)CC2)c1. The van der Waals surface area contributed by atoms with Gasteiger partial charge in [-0.05, 0) is 74.8 Å². The topological polar surface area (TPSA) is 55.8 Å². The zero-order valence-corrected chi connectivity index (χ0v) is 19.1. The molecule has 4 rings (SSSR count). The monoisotopic (exact) mass is 435 g/mol. The molecule has 0 aliphatic carbocycles. The van der Waals surface area contributed by atoms with Crippen molar-refractivity contribution >= 4 is 17.3 Å². The average Bonchev–Trinajstić information content (AvgIpc) is 2.85. The van der Waals surface area contributed by atoms with Gasteiger partial charge in [-0.1, -0.05) is 36.4 Å². The normalized spacial score (nSPS) is 20.3. The third-order valence-corrected chi connectivity index (χ3v) is 7.00. The fraction of sp³-hybridized carbons (Fsp3) is 0.519. The summed E-state index contributed by atoms with van der Waals surface area (Å²) in [4.78, 5) is 17.5. The van der Waals surface area contributed by atoms with E-state index in [0.717, 1.165) is 57.4 Å². The minimum atomic E-state index is 0.0836. The van der Waals surface area contributed by atoms with Crippen molar-refractivity contribution in [1.29, 1.82) is 0 Å². The van der Waals surface area contributed by atoms with E-state index in [4.69, 9.17) is 0 Å². The Bertz CT molecular complexity index is 849. The number of nitrogens with zero attached hydrogens (tertiary/aromatic N) is 2. The Kier molecular flexibility index (Phi) is 8.18. The van der Waals surface area contributed by atoms with Gasteiger partial charge in [-0.2, -0.15) is 0 Å². The number of carbonyl (C=O) groups is 1. The number of likely N-dealkylation sites (tertiary alicyclic amines) is 1. The van der Waals surface area contributed by atoms with Crippen LogP contribution in [0.1, 0.15) is 44.1 Å². The number of hydrogen-bond acceptors (Lipinski definition) is 4. The number of rotatable bonds is 8. The van der Waals surface area contributed by atoms with Crippen LogP contribution in [0.3, 0.4) is 0 Å². The molecule has 0 spiro atoms. The van der Waals surface area contributed by atoms with Crippen LogP contribution in [0, 0.1) is 5.92 Å². The Labute approximate surface area is 192 Å². The summed E-state index contributed by atoms with van der Waals surface area (Å²) < 4.78 is 0. The van der Waals surface area contributed by atoms with Gasteiger partial charge in [0.2, 0.25) is 5.91 Å². The number of amides is 1. The van der Waals surface area contributed by atoms with Crippen LogP contribution in [-0.2, 0) is 11.2 Å². The summed E-state index contributed by atoms with van der Waals surface area (Å²) in [6, 6.07) is 19.2. The fourth-order valence-corrected chi connectivity index (χ4v) is 5.17. The lowest BCUT2D eigenvalue weighted by atomic mass is 9.94. The first-order valence-corrected chi connectivity index (χ1v) is 12.2. The molecular weight excluding hydrogens is 398 g/mol. The molecule has 2 aliphatic rings. The van der Waals surface area contributed by atoms with Crippen LogP contribution in [0.4, 0.5) is 11.4 Å². The molecule has 0 bridgehead atoms. The second-order valence-corrected chi connectivity index (χ2v) is 9.34. The highest BCUT2D eigenvalue weighted by molar-refractivity contribution is 5.91. The van der Waals surface area contributed by atoms with Crippen molar-refractivity contribution in [3.8, 4) is 0 Å². The van der Waals surface area contributed by atoms with Crippen molar-refractivity contribution in [1.82, 2.24) is 4.90 Å². The standard InChI is InChI=1S/C27H37N3O2/c31-21-23-10-6-16-30(20-23)25-14-17-29(18-15-25)26-12-5-11-24(19-26)28-27(32)13-4-9-22-7-2-1-3-8-22/h1-3,5,7-8,11-12,19,23,25,31H,4,6,9-10,13-18,20-21H2,(H,28,32). The molecule has 0 radical (unpaired) electrons. The zero-order valence-electron chi connectivity index (χ0n) is 19.1. The maximum absolute atomic E-state index is 12.4. The molecule has 2 N–H and O–H groups in total. The van der Waals surface area contributed by atoms with E-state index in [1.165, 1.54) is 24.2 Å². The third kappa shape index (κ3) is 6.33. The summed E-state index contributed by atoms with van der Waals surface area (Å²) in [6.45, 7) is 4.62. The van der Waals surface area contributed by atoms with E-state index in [1.807, 2.05) is 30.3 Å². The molecule has 1 unspecified atom stereocenters. The molecule has 1 atom stereocenters. The molecule has 1 amide bonds. The van der Waals surface area contributed by atoms with Crippen molar-refractivity contribution in [2.45, 2.75) is 51.0 Å². The van der Waals surface area contributed by atoms with E-state index in [9.17, 15) is 9.90 Å². The Morgan fingerprint density at radius 1 is 1.00 bits per heavy atom. The van der Waals surface area contributed by atoms with E-state index >= 15 is 0 Å². The van der Waals surface area contributed by atoms with Gasteiger partial charge in [0, 0.05) is 50.1 Å². The van der Waals surface area contributed by atoms with Crippen LogP contribution < -0.4 is 10.2 Å². The molecule has 2 heterocycles. The highest BCUT2D eigenvalue weighted by Gasteiger charge is 2.28. The largest absolute Gasteiger partial charge is 0.396 e. The summed E-state index contributed by atoms with van der Waals surface area (Å²) in [6.07, 6.45) is 7.02. The minimum absolute atomic E-state index is 0.0836. The number of anilines is 2. The number of aliphatic hydroxyl groups is 1. The first-order valence-electron chi connectivity index (χ1n) is 12.2. The Balaban J connectivity index is 1.24. The van der Waals surface area contributed by atoms with Crippen molar-refractivity contribution in [2.24, 2.45) is 5.92 Å². The van der Waals surface area contributed by atoms with E-state index < -0.39 is 0 Å². The smallest absolute Gasteiger partial charge is 0.224 e. The molecule has 2 saturated heterocycles. The predicted octanol–water partition coefficient (Wildman–Crippen LogP) is 4.32. The number of hydrogen-bond donors (Lipinski definition) is 2. The molecule has 2 aromatic carbocycles. The molecule has 0 aromatic heterocycles. The lowest BCUT2D eigenvalue weighted by molar-refractivity contribution is -0.116. The molecule has 2 fully saturated rings. The quantitative estimate of drug-likeness (QED) is 0.648. The van der Waals surface area contributed by atoms with Gasteiger partial charge in [-0.25, -0.2) is 0 Å².